The van der Waals surface area contributed by atoms with E-state index in [0.29, 0.717) is 18.4 Å². The number of carboxylic acid groups (broad SMARTS) is 1. The van der Waals surface area contributed by atoms with Crippen molar-refractivity contribution >= 4 is 24.1 Å². The highest BCUT2D eigenvalue weighted by molar-refractivity contribution is 5.79. The molecule has 3 N–H and O–H groups in total. The molecule has 0 aliphatic heterocycles. The number of hydrogen-bond acceptors (Lipinski definition) is 9. The summed E-state index contributed by atoms with van der Waals surface area (Å²) in [6.45, 7) is 12.7. The van der Waals surface area contributed by atoms with Crippen molar-refractivity contribution in [1.82, 2.24) is 0 Å². The zero-order valence-corrected chi connectivity index (χ0v) is 22.8. The first-order chi connectivity index (χ1) is 17.3. The van der Waals surface area contributed by atoms with Crippen LogP contribution in [0.4, 0.5) is 4.79 Å². The normalized spacial score (nSPS) is 15.2. The molecule has 0 spiro atoms. The summed E-state index contributed by atoms with van der Waals surface area (Å²) in [5.74, 6) is -3.75. The van der Waals surface area contributed by atoms with Gasteiger partial charge in [-0.1, -0.05) is 47.6 Å². The number of nitrogens with two attached hydrogens (primary N) is 1. The number of ether oxygens (including phenoxy) is 4. The molecule has 208 valence electrons. The van der Waals surface area contributed by atoms with E-state index in [0.717, 1.165) is 0 Å². The molecular formula is C27H41NO9. The van der Waals surface area contributed by atoms with Crippen LogP contribution in [0.15, 0.2) is 18.2 Å². The van der Waals surface area contributed by atoms with Crippen LogP contribution >= 0.6 is 0 Å². The highest BCUT2D eigenvalue weighted by Crippen LogP contribution is 2.35. The van der Waals surface area contributed by atoms with Crippen LogP contribution in [0.5, 0.6) is 11.5 Å². The monoisotopic (exact) mass is 523 g/mol. The molecule has 0 saturated heterocycles. The van der Waals surface area contributed by atoms with Crippen molar-refractivity contribution in [1.29, 1.82) is 0 Å². The average Bonchev–Trinajstić information content (AvgIpc) is 2.85. The first kappa shape index (κ1) is 31.9. The molecule has 0 fully saturated rings. The Kier molecular flexibility index (Phi) is 13.1. The van der Waals surface area contributed by atoms with Crippen molar-refractivity contribution < 1.29 is 43.2 Å². The fraction of sp³-hybridized carbons (Fsp3) is 0.630. The quantitative estimate of drug-likeness (QED) is 0.260. The molecule has 5 atom stereocenters. The van der Waals surface area contributed by atoms with Crippen molar-refractivity contribution in [3.8, 4) is 11.5 Å². The van der Waals surface area contributed by atoms with Crippen LogP contribution in [-0.2, 0) is 23.9 Å². The number of aliphatic carboxylic acids is 1. The summed E-state index contributed by atoms with van der Waals surface area (Å²) in [5, 5.41) is 9.62. The summed E-state index contributed by atoms with van der Waals surface area (Å²) in [4.78, 5) is 48.7. The van der Waals surface area contributed by atoms with Crippen LogP contribution in [0.3, 0.4) is 0 Å². The Balaban J connectivity index is 3.32. The van der Waals surface area contributed by atoms with Crippen LogP contribution in [-0.4, -0.2) is 47.9 Å². The Morgan fingerprint density at radius 2 is 1.43 bits per heavy atom. The van der Waals surface area contributed by atoms with Gasteiger partial charge in [-0.05, 0) is 49.8 Å². The van der Waals surface area contributed by atoms with Crippen molar-refractivity contribution in [3.63, 3.8) is 0 Å². The van der Waals surface area contributed by atoms with Crippen LogP contribution in [0.25, 0.3) is 0 Å². The maximum absolute atomic E-state index is 12.6. The Labute approximate surface area is 218 Å². The molecule has 1 aromatic carbocycles. The zero-order valence-electron chi connectivity index (χ0n) is 22.8. The van der Waals surface area contributed by atoms with E-state index in [2.05, 4.69) is 0 Å². The molecule has 1 aromatic rings. The van der Waals surface area contributed by atoms with Crippen LogP contribution < -0.4 is 15.2 Å². The lowest BCUT2D eigenvalue weighted by Gasteiger charge is -2.25. The summed E-state index contributed by atoms with van der Waals surface area (Å²) in [7, 11) is 0. The van der Waals surface area contributed by atoms with Gasteiger partial charge < -0.3 is 29.8 Å². The van der Waals surface area contributed by atoms with E-state index in [9.17, 15) is 24.3 Å². The summed E-state index contributed by atoms with van der Waals surface area (Å²) in [6.07, 6.45) is -0.446. The fourth-order valence-corrected chi connectivity index (χ4v) is 3.17. The Morgan fingerprint density at radius 3 is 1.92 bits per heavy atom. The fourth-order valence-electron chi connectivity index (χ4n) is 3.17. The number of rotatable bonds is 14. The number of carboxylic acids is 1. The highest BCUT2D eigenvalue weighted by Gasteiger charge is 2.31. The van der Waals surface area contributed by atoms with Gasteiger partial charge in [0.1, 0.15) is 12.1 Å². The molecular weight excluding hydrogens is 482 g/mol. The predicted octanol–water partition coefficient (Wildman–Crippen LogP) is 4.67. The van der Waals surface area contributed by atoms with Crippen LogP contribution in [0.1, 0.15) is 79.2 Å². The summed E-state index contributed by atoms with van der Waals surface area (Å²) in [6, 6.07) is 3.08. The minimum Gasteiger partial charge on any atom is -0.480 e. The molecule has 4 unspecified atom stereocenters. The van der Waals surface area contributed by atoms with Gasteiger partial charge in [-0.15, -0.1) is 0 Å². The number of carbonyl (C=O) groups excluding carboxylic acids is 3. The standard InChI is InChI=1S/C27H41NO9/c1-8-16(5)25(31)36-21-11-10-19(13-22(21)37-26(32)17(6)9-2)20(23(28)24(29)30)12-18(7)35-27(33)34-14-15(3)4/h10-11,13,15-18,20,23H,8-9,12,14,28H2,1-7H3,(H,29,30)/t16?,17?,18?,20?,23-/m0/s1. The summed E-state index contributed by atoms with van der Waals surface area (Å²) < 4.78 is 21.3. The van der Waals surface area contributed by atoms with E-state index in [1.807, 2.05) is 27.7 Å². The minimum absolute atomic E-state index is 0.0213. The van der Waals surface area contributed by atoms with E-state index in [4.69, 9.17) is 24.7 Å². The smallest absolute Gasteiger partial charge is 0.480 e. The number of esters is 2. The van der Waals surface area contributed by atoms with Crippen molar-refractivity contribution in [3.05, 3.63) is 23.8 Å². The van der Waals surface area contributed by atoms with Gasteiger partial charge in [0.25, 0.3) is 0 Å². The highest BCUT2D eigenvalue weighted by atomic mass is 16.7. The Hall–Kier alpha value is -3.14. The molecule has 0 aliphatic rings. The lowest BCUT2D eigenvalue weighted by Crippen LogP contribution is -2.38. The van der Waals surface area contributed by atoms with Crippen molar-refractivity contribution in [2.24, 2.45) is 23.5 Å². The lowest BCUT2D eigenvalue weighted by molar-refractivity contribution is -0.141. The number of hydrogen-bond donors (Lipinski definition) is 2. The third-order valence-corrected chi connectivity index (χ3v) is 5.98. The van der Waals surface area contributed by atoms with Crippen molar-refractivity contribution in [2.45, 2.75) is 85.8 Å². The predicted molar refractivity (Wildman–Crippen MR) is 136 cm³/mol. The van der Waals surface area contributed by atoms with Gasteiger partial charge in [0.15, 0.2) is 11.5 Å². The lowest BCUT2D eigenvalue weighted by atomic mass is 9.87. The Bertz CT molecular complexity index is 930. The van der Waals surface area contributed by atoms with E-state index >= 15 is 0 Å². The minimum atomic E-state index is -1.36. The average molecular weight is 524 g/mol. The molecule has 0 saturated carbocycles. The van der Waals surface area contributed by atoms with Gasteiger partial charge in [0.2, 0.25) is 0 Å². The van der Waals surface area contributed by atoms with E-state index in [1.165, 1.54) is 12.1 Å². The number of carbonyl (C=O) groups is 4. The van der Waals surface area contributed by atoms with Gasteiger partial charge in [0.05, 0.1) is 18.4 Å². The van der Waals surface area contributed by atoms with E-state index < -0.39 is 48.0 Å². The number of benzene rings is 1. The van der Waals surface area contributed by atoms with E-state index in [1.54, 1.807) is 26.8 Å². The maximum Gasteiger partial charge on any atom is 0.508 e. The molecule has 0 aromatic heterocycles. The first-order valence-corrected chi connectivity index (χ1v) is 12.7. The second kappa shape index (κ2) is 15.2. The van der Waals surface area contributed by atoms with Gasteiger partial charge in [-0.2, -0.15) is 0 Å². The maximum atomic E-state index is 12.6. The SMILES string of the molecule is CCC(C)C(=O)Oc1ccc(C(CC(C)OC(=O)OCC(C)C)[C@H](N)C(=O)O)cc1OC(=O)C(C)CC. The largest absolute Gasteiger partial charge is 0.508 e. The molecule has 37 heavy (non-hydrogen) atoms. The zero-order chi connectivity index (χ0) is 28.3. The molecule has 0 radical (unpaired) electrons. The van der Waals surface area contributed by atoms with Gasteiger partial charge in [-0.25, -0.2) is 4.79 Å². The van der Waals surface area contributed by atoms with Gasteiger partial charge in [0, 0.05) is 5.92 Å². The van der Waals surface area contributed by atoms with Gasteiger partial charge >= 0.3 is 24.1 Å². The van der Waals surface area contributed by atoms with Crippen LogP contribution in [0.2, 0.25) is 0 Å². The molecule has 0 heterocycles. The van der Waals surface area contributed by atoms with Crippen LogP contribution in [0, 0.1) is 17.8 Å². The second-order valence-corrected chi connectivity index (χ2v) is 9.76. The third-order valence-electron chi connectivity index (χ3n) is 5.98. The molecule has 10 nitrogen and oxygen atoms in total. The summed E-state index contributed by atoms with van der Waals surface area (Å²) in [5.41, 5.74) is 6.42. The molecule has 1 rings (SSSR count). The first-order valence-electron chi connectivity index (χ1n) is 12.7. The second-order valence-electron chi connectivity index (χ2n) is 9.76. The molecule has 0 aliphatic carbocycles. The molecule has 0 bridgehead atoms. The summed E-state index contributed by atoms with van der Waals surface area (Å²) >= 11 is 0. The van der Waals surface area contributed by atoms with Crippen molar-refractivity contribution in [2.75, 3.05) is 6.61 Å². The van der Waals surface area contributed by atoms with E-state index in [-0.39, 0.29) is 36.4 Å². The van der Waals surface area contributed by atoms with Gasteiger partial charge in [-0.3, -0.25) is 14.4 Å². The molecule has 10 heteroatoms. The molecule has 0 amide bonds. The Morgan fingerprint density at radius 1 is 0.892 bits per heavy atom. The third kappa shape index (κ3) is 10.4. The topological polar surface area (TPSA) is 151 Å².